The number of carbonyl (C=O) groups is 1. The number of hydrogen-bond acceptors (Lipinski definition) is 5. The van der Waals surface area contributed by atoms with Crippen molar-refractivity contribution >= 4 is 27.3 Å². The topological polar surface area (TPSA) is 78.9 Å². The van der Waals surface area contributed by atoms with E-state index in [2.05, 4.69) is 10.2 Å². The van der Waals surface area contributed by atoms with Crippen molar-refractivity contribution in [3.63, 3.8) is 0 Å². The summed E-state index contributed by atoms with van der Waals surface area (Å²) in [5.74, 6) is 0.170. The Kier molecular flexibility index (Phi) is 6.44. The normalized spacial score (nSPS) is 14.7. The Morgan fingerprint density at radius 2 is 1.76 bits per heavy atom. The number of anilines is 2. The smallest absolute Gasteiger partial charge is 0.257 e. The number of hydrogen-bond donors (Lipinski definition) is 1. The largest absolute Gasteiger partial charge is 0.495 e. The summed E-state index contributed by atoms with van der Waals surface area (Å²) < 4.78 is 31.7. The van der Waals surface area contributed by atoms with Gasteiger partial charge in [0, 0.05) is 32.9 Å². The minimum absolute atomic E-state index is 0.0911. The van der Waals surface area contributed by atoms with Gasteiger partial charge in [0.05, 0.1) is 23.3 Å². The second-order valence-electron chi connectivity index (χ2n) is 7.17. The van der Waals surface area contributed by atoms with E-state index >= 15 is 0 Å². The van der Waals surface area contributed by atoms with E-state index in [4.69, 9.17) is 4.74 Å². The van der Waals surface area contributed by atoms with Crippen LogP contribution in [0.15, 0.2) is 47.4 Å². The number of carbonyl (C=O) groups excluding carboxylic acids is 1. The van der Waals surface area contributed by atoms with Crippen LogP contribution in [0.4, 0.5) is 11.4 Å². The first-order valence-electron chi connectivity index (χ1n) is 9.60. The maximum Gasteiger partial charge on any atom is 0.257 e. The number of piperidine rings is 1. The number of amides is 1. The molecule has 2 aromatic rings. The molecule has 8 heteroatoms. The molecule has 1 fully saturated rings. The Morgan fingerprint density at radius 1 is 1.07 bits per heavy atom. The van der Waals surface area contributed by atoms with Gasteiger partial charge in [-0.2, -0.15) is 0 Å². The van der Waals surface area contributed by atoms with Crippen molar-refractivity contribution in [3.8, 4) is 5.75 Å². The fourth-order valence-electron chi connectivity index (χ4n) is 3.42. The lowest BCUT2D eigenvalue weighted by Crippen LogP contribution is -2.32. The van der Waals surface area contributed by atoms with Gasteiger partial charge in [-0.3, -0.25) is 4.79 Å². The van der Waals surface area contributed by atoms with Crippen molar-refractivity contribution in [2.75, 3.05) is 44.5 Å². The summed E-state index contributed by atoms with van der Waals surface area (Å²) in [7, 11) is 0.830. The van der Waals surface area contributed by atoms with Gasteiger partial charge in [-0.15, -0.1) is 0 Å². The molecule has 1 aliphatic heterocycles. The molecule has 0 aromatic heterocycles. The molecule has 0 bridgehead atoms. The molecule has 0 unspecified atom stereocenters. The van der Waals surface area contributed by atoms with Crippen LogP contribution < -0.4 is 15.0 Å². The number of rotatable bonds is 6. The van der Waals surface area contributed by atoms with Crippen molar-refractivity contribution in [2.45, 2.75) is 24.2 Å². The predicted molar refractivity (Wildman–Crippen MR) is 114 cm³/mol. The highest BCUT2D eigenvalue weighted by atomic mass is 32.2. The Balaban J connectivity index is 2.03. The fourth-order valence-corrected chi connectivity index (χ4v) is 4.34. The molecule has 7 nitrogen and oxygen atoms in total. The molecule has 156 valence electrons. The maximum absolute atomic E-state index is 13.2. The molecule has 0 spiro atoms. The Labute approximate surface area is 172 Å². The van der Waals surface area contributed by atoms with Crippen LogP contribution in [-0.2, 0) is 10.0 Å². The Bertz CT molecular complexity index is 983. The van der Waals surface area contributed by atoms with Gasteiger partial charge < -0.3 is 15.0 Å². The molecule has 1 aliphatic rings. The first-order chi connectivity index (χ1) is 13.8. The fraction of sp³-hybridized carbons (Fsp3) is 0.381. The number of ether oxygens (including phenoxy) is 1. The molecule has 29 heavy (non-hydrogen) atoms. The predicted octanol–water partition coefficient (Wildman–Crippen LogP) is 3.19. The number of nitrogens with zero attached hydrogens (tertiary/aromatic N) is 2. The molecule has 0 saturated carbocycles. The van der Waals surface area contributed by atoms with Crippen molar-refractivity contribution in [1.82, 2.24) is 4.31 Å². The number of sulfonamides is 1. The van der Waals surface area contributed by atoms with Gasteiger partial charge in [-0.25, -0.2) is 12.7 Å². The van der Waals surface area contributed by atoms with Gasteiger partial charge in [0.25, 0.3) is 5.91 Å². The summed E-state index contributed by atoms with van der Waals surface area (Å²) in [6.07, 6.45) is 3.25. The monoisotopic (exact) mass is 417 g/mol. The summed E-state index contributed by atoms with van der Waals surface area (Å²) in [4.78, 5) is 15.4. The minimum atomic E-state index is -3.66. The van der Waals surface area contributed by atoms with E-state index in [1.54, 1.807) is 30.3 Å². The number of benzene rings is 2. The van der Waals surface area contributed by atoms with Crippen molar-refractivity contribution in [3.05, 3.63) is 48.0 Å². The third-order valence-electron chi connectivity index (χ3n) is 5.04. The van der Waals surface area contributed by atoms with Crippen molar-refractivity contribution in [2.24, 2.45) is 0 Å². The molecule has 0 radical (unpaired) electrons. The van der Waals surface area contributed by atoms with Crippen LogP contribution in [0.25, 0.3) is 0 Å². The highest BCUT2D eigenvalue weighted by Crippen LogP contribution is 2.30. The second kappa shape index (κ2) is 8.84. The van der Waals surface area contributed by atoms with Crippen LogP contribution in [0.2, 0.25) is 0 Å². The zero-order chi connectivity index (χ0) is 21.0. The van der Waals surface area contributed by atoms with E-state index in [9.17, 15) is 13.2 Å². The van der Waals surface area contributed by atoms with Crippen LogP contribution in [0.5, 0.6) is 5.75 Å². The van der Waals surface area contributed by atoms with Gasteiger partial charge in [-0.05, 0) is 49.6 Å². The summed E-state index contributed by atoms with van der Waals surface area (Å²) in [5, 5.41) is 2.87. The van der Waals surface area contributed by atoms with E-state index in [0.717, 1.165) is 42.3 Å². The molecule has 1 heterocycles. The van der Waals surface area contributed by atoms with Gasteiger partial charge in [0.15, 0.2) is 0 Å². The molecular weight excluding hydrogens is 390 g/mol. The van der Waals surface area contributed by atoms with Crippen LogP contribution in [0.1, 0.15) is 29.6 Å². The third-order valence-corrected chi connectivity index (χ3v) is 6.85. The van der Waals surface area contributed by atoms with Gasteiger partial charge in [0.2, 0.25) is 10.0 Å². The maximum atomic E-state index is 13.2. The Hall–Kier alpha value is -2.58. The lowest BCUT2D eigenvalue weighted by molar-refractivity contribution is 0.102. The van der Waals surface area contributed by atoms with Crippen molar-refractivity contribution in [1.29, 1.82) is 0 Å². The first-order valence-corrected chi connectivity index (χ1v) is 11.0. The number of para-hydroxylation sites is 2. The Morgan fingerprint density at radius 3 is 2.41 bits per heavy atom. The number of nitrogens with one attached hydrogen (secondary N) is 1. The minimum Gasteiger partial charge on any atom is -0.495 e. The van der Waals surface area contributed by atoms with Crippen LogP contribution in [-0.4, -0.2) is 52.9 Å². The summed E-state index contributed by atoms with van der Waals surface area (Å²) in [6.45, 7) is 1.68. The highest BCUT2D eigenvalue weighted by Gasteiger charge is 2.24. The van der Waals surface area contributed by atoms with Crippen LogP contribution in [0.3, 0.4) is 0 Å². The van der Waals surface area contributed by atoms with E-state index in [-0.39, 0.29) is 10.8 Å². The molecule has 1 N–H and O–H groups in total. The van der Waals surface area contributed by atoms with Crippen molar-refractivity contribution < 1.29 is 17.9 Å². The van der Waals surface area contributed by atoms with E-state index in [1.807, 2.05) is 6.07 Å². The standard InChI is InChI=1S/C21H27N3O4S/c1-23(2)29(26,27)16-11-12-19(24-13-7-4-8-14-24)17(15-16)21(25)22-18-9-5-6-10-20(18)28-3/h5-6,9-12,15H,4,7-8,13-14H2,1-3H3,(H,22,25). The third kappa shape index (κ3) is 4.54. The van der Waals surface area contributed by atoms with Gasteiger partial charge in [0.1, 0.15) is 5.75 Å². The average Bonchev–Trinajstić information content (AvgIpc) is 2.74. The van der Waals surface area contributed by atoms with Gasteiger partial charge in [-0.1, -0.05) is 12.1 Å². The molecule has 3 rings (SSSR count). The summed E-state index contributed by atoms with van der Waals surface area (Å²) in [5.41, 5.74) is 1.61. The highest BCUT2D eigenvalue weighted by molar-refractivity contribution is 7.89. The van der Waals surface area contributed by atoms with E-state index in [0.29, 0.717) is 17.0 Å². The van der Waals surface area contributed by atoms with E-state index < -0.39 is 10.0 Å². The zero-order valence-electron chi connectivity index (χ0n) is 17.0. The molecular formula is C21H27N3O4S. The summed E-state index contributed by atoms with van der Waals surface area (Å²) in [6, 6.07) is 11.9. The van der Waals surface area contributed by atoms with Gasteiger partial charge >= 0.3 is 0 Å². The SMILES string of the molecule is COc1ccccc1NC(=O)c1cc(S(=O)(=O)N(C)C)ccc1N1CCCCC1. The van der Waals surface area contributed by atoms with E-state index in [1.165, 1.54) is 27.3 Å². The number of methoxy groups -OCH3 is 1. The molecule has 2 aromatic carbocycles. The van der Waals surface area contributed by atoms with Crippen LogP contribution >= 0.6 is 0 Å². The second-order valence-corrected chi connectivity index (χ2v) is 9.32. The first kappa shape index (κ1) is 21.1. The van der Waals surface area contributed by atoms with Crippen LogP contribution in [0, 0.1) is 0 Å². The lowest BCUT2D eigenvalue weighted by atomic mass is 10.1. The molecule has 1 saturated heterocycles. The quantitative estimate of drug-likeness (QED) is 0.781. The average molecular weight is 418 g/mol. The summed E-state index contributed by atoms with van der Waals surface area (Å²) >= 11 is 0. The lowest BCUT2D eigenvalue weighted by Gasteiger charge is -2.30. The zero-order valence-corrected chi connectivity index (χ0v) is 17.8. The molecule has 1 amide bonds. The molecule has 0 aliphatic carbocycles. The molecule has 0 atom stereocenters.